The molecule has 2 saturated heterocycles. The normalized spacial score (nSPS) is 21.5. The van der Waals surface area contributed by atoms with E-state index in [4.69, 9.17) is 0 Å². The molecular formula is C21H28N4OS. The van der Waals surface area contributed by atoms with E-state index in [1.165, 1.54) is 29.0 Å². The number of aromatic nitrogens is 1. The molecule has 1 aromatic heterocycles. The van der Waals surface area contributed by atoms with Crippen molar-refractivity contribution in [3.05, 3.63) is 45.9 Å². The number of piperazine rings is 1. The maximum Gasteiger partial charge on any atom is 0.265 e. The van der Waals surface area contributed by atoms with Crippen LogP contribution in [-0.4, -0.2) is 66.0 Å². The summed E-state index contributed by atoms with van der Waals surface area (Å²) in [6, 6.07) is 9.13. The van der Waals surface area contributed by atoms with Crippen molar-refractivity contribution in [2.75, 3.05) is 44.2 Å². The van der Waals surface area contributed by atoms with E-state index < -0.39 is 0 Å². The number of benzene rings is 1. The molecule has 5 nitrogen and oxygen atoms in total. The third-order valence-electron chi connectivity index (χ3n) is 5.91. The highest BCUT2D eigenvalue weighted by Gasteiger charge is 2.31. The van der Waals surface area contributed by atoms with Gasteiger partial charge in [-0.15, -0.1) is 11.3 Å². The molecule has 6 heteroatoms. The molecule has 27 heavy (non-hydrogen) atoms. The van der Waals surface area contributed by atoms with Gasteiger partial charge in [0.2, 0.25) is 0 Å². The Kier molecular flexibility index (Phi) is 5.45. The van der Waals surface area contributed by atoms with E-state index in [0.29, 0.717) is 6.04 Å². The fourth-order valence-electron chi connectivity index (χ4n) is 4.33. The molecule has 2 fully saturated rings. The lowest BCUT2D eigenvalue weighted by molar-refractivity contribution is 0.0567. The molecule has 0 N–H and O–H groups in total. The SMILES string of the molecule is Cc1ccccc1N1CCN([C@H]2CCCN(C(=O)c3scnc3C)C2)CC1. The molecule has 0 aliphatic carbocycles. The molecule has 144 valence electrons. The first-order valence-corrected chi connectivity index (χ1v) is 10.8. The van der Waals surface area contributed by atoms with Crippen LogP contribution in [-0.2, 0) is 0 Å². The number of aryl methyl sites for hydroxylation is 2. The molecule has 2 aliphatic heterocycles. The third-order valence-corrected chi connectivity index (χ3v) is 6.83. The Morgan fingerprint density at radius 1 is 1.11 bits per heavy atom. The molecule has 0 bridgehead atoms. The second-order valence-corrected chi connectivity index (χ2v) is 8.48. The highest BCUT2D eigenvalue weighted by Crippen LogP contribution is 2.25. The highest BCUT2D eigenvalue weighted by atomic mass is 32.1. The Morgan fingerprint density at radius 2 is 1.89 bits per heavy atom. The molecule has 0 unspecified atom stereocenters. The first-order valence-electron chi connectivity index (χ1n) is 9.87. The van der Waals surface area contributed by atoms with Gasteiger partial charge in [0.1, 0.15) is 4.88 Å². The minimum atomic E-state index is 0.165. The Bertz CT molecular complexity index is 797. The van der Waals surface area contributed by atoms with Crippen LogP contribution in [0.15, 0.2) is 29.8 Å². The number of para-hydroxylation sites is 1. The summed E-state index contributed by atoms with van der Waals surface area (Å²) in [5.41, 5.74) is 5.34. The van der Waals surface area contributed by atoms with Gasteiger partial charge in [-0.2, -0.15) is 0 Å². The fraction of sp³-hybridized carbons (Fsp3) is 0.524. The zero-order valence-corrected chi connectivity index (χ0v) is 17.0. The van der Waals surface area contributed by atoms with Gasteiger partial charge in [-0.1, -0.05) is 18.2 Å². The van der Waals surface area contributed by atoms with Crippen LogP contribution in [0.4, 0.5) is 5.69 Å². The lowest BCUT2D eigenvalue weighted by Gasteiger charge is -2.44. The lowest BCUT2D eigenvalue weighted by Crippen LogP contribution is -2.56. The summed E-state index contributed by atoms with van der Waals surface area (Å²) in [4.78, 5) is 25.0. The first kappa shape index (κ1) is 18.4. The molecule has 2 aliphatic rings. The van der Waals surface area contributed by atoms with Crippen LogP contribution < -0.4 is 4.90 Å². The van der Waals surface area contributed by atoms with Gasteiger partial charge in [-0.25, -0.2) is 4.98 Å². The monoisotopic (exact) mass is 384 g/mol. The van der Waals surface area contributed by atoms with E-state index in [9.17, 15) is 4.79 Å². The topological polar surface area (TPSA) is 39.7 Å². The van der Waals surface area contributed by atoms with Crippen molar-refractivity contribution >= 4 is 22.9 Å². The summed E-state index contributed by atoms with van der Waals surface area (Å²) in [5.74, 6) is 0.165. The third kappa shape index (κ3) is 3.87. The Balaban J connectivity index is 1.36. The predicted octanol–water partition coefficient (Wildman–Crippen LogP) is 3.19. The molecule has 0 spiro atoms. The molecule has 1 atom stereocenters. The summed E-state index contributed by atoms with van der Waals surface area (Å²) in [7, 11) is 0. The number of nitrogens with zero attached hydrogens (tertiary/aromatic N) is 4. The molecule has 4 rings (SSSR count). The van der Waals surface area contributed by atoms with Gasteiger partial charge in [0, 0.05) is 51.0 Å². The maximum absolute atomic E-state index is 12.9. The smallest absolute Gasteiger partial charge is 0.265 e. The summed E-state index contributed by atoms with van der Waals surface area (Å²) in [6.45, 7) is 10.1. The molecule has 0 saturated carbocycles. The van der Waals surface area contributed by atoms with Crippen LogP contribution in [0.3, 0.4) is 0 Å². The van der Waals surface area contributed by atoms with Crippen LogP contribution in [0.1, 0.15) is 33.8 Å². The van der Waals surface area contributed by atoms with E-state index in [0.717, 1.165) is 56.3 Å². The maximum atomic E-state index is 12.9. The van der Waals surface area contributed by atoms with Gasteiger partial charge >= 0.3 is 0 Å². The van der Waals surface area contributed by atoms with Gasteiger partial charge in [0.25, 0.3) is 5.91 Å². The number of likely N-dealkylation sites (tertiary alicyclic amines) is 1. The Hall–Kier alpha value is -1.92. The number of amides is 1. The van der Waals surface area contributed by atoms with Crippen LogP contribution in [0.5, 0.6) is 0 Å². The highest BCUT2D eigenvalue weighted by molar-refractivity contribution is 7.11. The Morgan fingerprint density at radius 3 is 2.59 bits per heavy atom. The van der Waals surface area contributed by atoms with Gasteiger partial charge in [0.15, 0.2) is 0 Å². The van der Waals surface area contributed by atoms with Crippen LogP contribution in [0.2, 0.25) is 0 Å². The summed E-state index contributed by atoms with van der Waals surface area (Å²) in [6.07, 6.45) is 2.28. The fourth-order valence-corrected chi connectivity index (χ4v) is 5.10. The van der Waals surface area contributed by atoms with Crippen molar-refractivity contribution in [1.82, 2.24) is 14.8 Å². The predicted molar refractivity (Wildman–Crippen MR) is 111 cm³/mol. The standard InChI is InChI=1S/C21H28N4OS/c1-16-6-3-4-8-19(16)24-12-10-23(11-13-24)18-7-5-9-25(14-18)21(26)20-17(2)22-15-27-20/h3-4,6,8,15,18H,5,7,9-14H2,1-2H3/t18-/m0/s1. The van der Waals surface area contributed by atoms with Gasteiger partial charge < -0.3 is 9.80 Å². The molecule has 1 amide bonds. The molecule has 2 aromatic rings. The van der Waals surface area contributed by atoms with Crippen molar-refractivity contribution < 1.29 is 4.79 Å². The average molecular weight is 385 g/mol. The van der Waals surface area contributed by atoms with Gasteiger partial charge in [-0.05, 0) is 38.3 Å². The van der Waals surface area contributed by atoms with Crippen LogP contribution >= 0.6 is 11.3 Å². The minimum absolute atomic E-state index is 0.165. The van der Waals surface area contributed by atoms with E-state index >= 15 is 0 Å². The number of thiazole rings is 1. The second kappa shape index (κ2) is 7.98. The van der Waals surface area contributed by atoms with E-state index in [-0.39, 0.29) is 5.91 Å². The van der Waals surface area contributed by atoms with Gasteiger partial charge in [-0.3, -0.25) is 9.69 Å². The van der Waals surface area contributed by atoms with Gasteiger partial charge in [0.05, 0.1) is 11.2 Å². The minimum Gasteiger partial charge on any atom is -0.369 e. The van der Waals surface area contributed by atoms with Crippen LogP contribution in [0.25, 0.3) is 0 Å². The van der Waals surface area contributed by atoms with E-state index in [2.05, 4.69) is 46.0 Å². The molecule has 3 heterocycles. The number of hydrogen-bond donors (Lipinski definition) is 0. The van der Waals surface area contributed by atoms with Crippen LogP contribution in [0, 0.1) is 13.8 Å². The summed E-state index contributed by atoms with van der Waals surface area (Å²) < 4.78 is 0. The average Bonchev–Trinajstić information content (AvgIpc) is 3.14. The zero-order chi connectivity index (χ0) is 18.8. The number of rotatable bonds is 3. The summed E-state index contributed by atoms with van der Waals surface area (Å²) in [5, 5.41) is 0. The quantitative estimate of drug-likeness (QED) is 0.815. The number of hydrogen-bond acceptors (Lipinski definition) is 5. The van der Waals surface area contributed by atoms with Crippen molar-refractivity contribution in [2.45, 2.75) is 32.7 Å². The van der Waals surface area contributed by atoms with Crippen molar-refractivity contribution in [3.63, 3.8) is 0 Å². The zero-order valence-electron chi connectivity index (χ0n) is 16.2. The number of carbonyl (C=O) groups excluding carboxylic acids is 1. The second-order valence-electron chi connectivity index (χ2n) is 7.62. The number of piperidine rings is 1. The van der Waals surface area contributed by atoms with Crippen molar-refractivity contribution in [3.8, 4) is 0 Å². The van der Waals surface area contributed by atoms with E-state index in [1.54, 1.807) is 5.51 Å². The largest absolute Gasteiger partial charge is 0.369 e. The number of anilines is 1. The molecule has 1 aromatic carbocycles. The van der Waals surface area contributed by atoms with Crippen molar-refractivity contribution in [1.29, 1.82) is 0 Å². The van der Waals surface area contributed by atoms with Crippen molar-refractivity contribution in [2.24, 2.45) is 0 Å². The number of carbonyl (C=O) groups is 1. The molecular weight excluding hydrogens is 356 g/mol. The van der Waals surface area contributed by atoms with E-state index in [1.807, 2.05) is 11.8 Å². The lowest BCUT2D eigenvalue weighted by atomic mass is 10.0. The summed E-state index contributed by atoms with van der Waals surface area (Å²) >= 11 is 1.46. The first-order chi connectivity index (χ1) is 13.1. The Labute approximate surface area is 165 Å². The molecule has 0 radical (unpaired) electrons.